The molecule has 1 saturated carbocycles. The zero-order valence-corrected chi connectivity index (χ0v) is 13.0. The average Bonchev–Trinajstić information content (AvgIpc) is 2.83. The van der Waals surface area contributed by atoms with Gasteiger partial charge < -0.3 is 4.57 Å². The lowest BCUT2D eigenvalue weighted by Crippen LogP contribution is -2.20. The maximum atomic E-state index is 11.4. The van der Waals surface area contributed by atoms with E-state index in [1.165, 1.54) is 19.3 Å². The van der Waals surface area contributed by atoms with E-state index < -0.39 is 9.05 Å². The third kappa shape index (κ3) is 3.31. The van der Waals surface area contributed by atoms with E-state index in [2.05, 4.69) is 11.9 Å². The zero-order chi connectivity index (χ0) is 14.0. The van der Waals surface area contributed by atoms with Crippen LogP contribution in [0, 0.1) is 5.92 Å². The standard InChI is InChI=1S/C13H21ClN2O2S/c1-3-10-6-5-7-11(8-10)16-9-13(19(14,17)18)15-12(16)4-2/h9-11H,3-8H2,1-2H3. The van der Waals surface area contributed by atoms with Gasteiger partial charge in [0.1, 0.15) is 5.82 Å². The first-order valence-electron chi connectivity index (χ1n) is 6.98. The normalized spacial score (nSPS) is 24.6. The molecule has 1 aromatic heterocycles. The van der Waals surface area contributed by atoms with Gasteiger partial charge in [-0.3, -0.25) is 0 Å². The highest BCUT2D eigenvalue weighted by Gasteiger charge is 2.26. The van der Waals surface area contributed by atoms with E-state index in [0.717, 1.165) is 31.0 Å². The Balaban J connectivity index is 2.30. The monoisotopic (exact) mass is 304 g/mol. The van der Waals surface area contributed by atoms with E-state index >= 15 is 0 Å². The third-order valence-electron chi connectivity index (χ3n) is 4.08. The number of halogens is 1. The van der Waals surface area contributed by atoms with Crippen LogP contribution in [0.1, 0.15) is 57.8 Å². The fourth-order valence-electron chi connectivity index (χ4n) is 2.99. The van der Waals surface area contributed by atoms with Crippen LogP contribution in [0.2, 0.25) is 0 Å². The van der Waals surface area contributed by atoms with E-state index in [4.69, 9.17) is 10.7 Å². The fourth-order valence-corrected chi connectivity index (χ4v) is 3.67. The molecule has 1 heterocycles. The quantitative estimate of drug-likeness (QED) is 0.800. The molecule has 0 amide bonds. The summed E-state index contributed by atoms with van der Waals surface area (Å²) >= 11 is 0. The van der Waals surface area contributed by atoms with E-state index in [-0.39, 0.29) is 5.03 Å². The van der Waals surface area contributed by atoms with Crippen LogP contribution in [0.4, 0.5) is 0 Å². The predicted octanol–water partition coefficient (Wildman–Crippen LogP) is 3.51. The maximum absolute atomic E-state index is 11.4. The Morgan fingerprint density at radius 2 is 2.16 bits per heavy atom. The number of aryl methyl sites for hydroxylation is 1. The molecule has 1 aromatic rings. The lowest BCUT2D eigenvalue weighted by Gasteiger charge is -2.30. The van der Waals surface area contributed by atoms with Gasteiger partial charge >= 0.3 is 0 Å². The van der Waals surface area contributed by atoms with Crippen molar-refractivity contribution >= 4 is 19.7 Å². The molecule has 1 aliphatic carbocycles. The largest absolute Gasteiger partial charge is 0.330 e. The van der Waals surface area contributed by atoms with E-state index in [0.29, 0.717) is 6.04 Å². The summed E-state index contributed by atoms with van der Waals surface area (Å²) in [6, 6.07) is 0.369. The van der Waals surface area contributed by atoms with Crippen molar-refractivity contribution in [3.05, 3.63) is 12.0 Å². The molecule has 0 N–H and O–H groups in total. The molecule has 2 rings (SSSR count). The lowest BCUT2D eigenvalue weighted by molar-refractivity contribution is 0.257. The van der Waals surface area contributed by atoms with Gasteiger partial charge in [-0.05, 0) is 18.8 Å². The third-order valence-corrected chi connectivity index (χ3v) is 5.25. The van der Waals surface area contributed by atoms with Gasteiger partial charge in [0.2, 0.25) is 0 Å². The minimum atomic E-state index is -3.73. The van der Waals surface area contributed by atoms with Crippen LogP contribution in [-0.2, 0) is 15.5 Å². The summed E-state index contributed by atoms with van der Waals surface area (Å²) in [5.41, 5.74) is 0. The Kier molecular flexibility index (Phi) is 4.56. The van der Waals surface area contributed by atoms with Crippen molar-refractivity contribution in [1.29, 1.82) is 0 Å². The highest BCUT2D eigenvalue weighted by Crippen LogP contribution is 2.35. The molecule has 4 nitrogen and oxygen atoms in total. The van der Waals surface area contributed by atoms with Crippen molar-refractivity contribution in [3.63, 3.8) is 0 Å². The first kappa shape index (κ1) is 14.9. The second-order valence-electron chi connectivity index (χ2n) is 5.29. The number of nitrogens with zero attached hydrogens (tertiary/aromatic N) is 2. The van der Waals surface area contributed by atoms with Crippen molar-refractivity contribution in [3.8, 4) is 0 Å². The molecule has 19 heavy (non-hydrogen) atoms. The summed E-state index contributed by atoms with van der Waals surface area (Å²) in [7, 11) is 1.66. The molecule has 6 heteroatoms. The molecule has 0 bridgehead atoms. The molecule has 0 spiro atoms. The van der Waals surface area contributed by atoms with Gasteiger partial charge in [0.05, 0.1) is 0 Å². The summed E-state index contributed by atoms with van der Waals surface area (Å²) in [6.45, 7) is 4.21. The van der Waals surface area contributed by atoms with Crippen LogP contribution in [0.5, 0.6) is 0 Å². The summed E-state index contributed by atoms with van der Waals surface area (Å²) < 4.78 is 24.9. The van der Waals surface area contributed by atoms with Gasteiger partial charge in [-0.15, -0.1) is 0 Å². The van der Waals surface area contributed by atoms with E-state index in [1.54, 1.807) is 6.20 Å². The van der Waals surface area contributed by atoms with Crippen LogP contribution >= 0.6 is 10.7 Å². The average molecular weight is 305 g/mol. The Bertz CT molecular complexity index is 539. The van der Waals surface area contributed by atoms with Crippen LogP contribution in [0.15, 0.2) is 11.2 Å². The maximum Gasteiger partial charge on any atom is 0.280 e. The minimum absolute atomic E-state index is 0.00959. The lowest BCUT2D eigenvalue weighted by atomic mass is 9.84. The molecule has 0 saturated heterocycles. The molecular weight excluding hydrogens is 284 g/mol. The van der Waals surface area contributed by atoms with Crippen molar-refractivity contribution in [2.24, 2.45) is 5.92 Å². The summed E-state index contributed by atoms with van der Waals surface area (Å²) in [5.74, 6) is 1.56. The van der Waals surface area contributed by atoms with Gasteiger partial charge in [0.25, 0.3) is 9.05 Å². The Hall–Kier alpha value is -0.550. The minimum Gasteiger partial charge on any atom is -0.330 e. The highest BCUT2D eigenvalue weighted by atomic mass is 35.7. The molecule has 1 aliphatic rings. The number of hydrogen-bond donors (Lipinski definition) is 0. The molecule has 2 atom stereocenters. The number of imidazole rings is 1. The van der Waals surface area contributed by atoms with Gasteiger partial charge in [-0.2, -0.15) is 0 Å². The highest BCUT2D eigenvalue weighted by molar-refractivity contribution is 8.13. The summed E-state index contributed by atoms with van der Waals surface area (Å²) in [4.78, 5) is 4.17. The van der Waals surface area contributed by atoms with Crippen molar-refractivity contribution in [2.75, 3.05) is 0 Å². The van der Waals surface area contributed by atoms with Gasteiger partial charge in [0, 0.05) is 29.3 Å². The molecule has 0 aromatic carbocycles. The smallest absolute Gasteiger partial charge is 0.280 e. The van der Waals surface area contributed by atoms with Gasteiger partial charge in [-0.25, -0.2) is 13.4 Å². The SMILES string of the molecule is CCc1nc(S(=O)(=O)Cl)cn1C1CCCC(CC)C1. The molecule has 1 fully saturated rings. The Morgan fingerprint density at radius 1 is 1.42 bits per heavy atom. The molecule has 108 valence electrons. The van der Waals surface area contributed by atoms with Gasteiger partial charge in [0.15, 0.2) is 5.03 Å². The Labute approximate surface area is 119 Å². The van der Waals surface area contributed by atoms with Crippen LogP contribution in [0.25, 0.3) is 0 Å². The number of rotatable bonds is 4. The number of aromatic nitrogens is 2. The first-order valence-corrected chi connectivity index (χ1v) is 9.29. The zero-order valence-electron chi connectivity index (χ0n) is 11.5. The van der Waals surface area contributed by atoms with Crippen LogP contribution in [0.3, 0.4) is 0 Å². The van der Waals surface area contributed by atoms with Crippen LogP contribution < -0.4 is 0 Å². The molecule has 0 radical (unpaired) electrons. The second kappa shape index (κ2) is 5.83. The fraction of sp³-hybridized carbons (Fsp3) is 0.769. The first-order chi connectivity index (χ1) is 8.95. The summed E-state index contributed by atoms with van der Waals surface area (Å²) in [5, 5.41) is -0.00959. The Morgan fingerprint density at radius 3 is 2.74 bits per heavy atom. The van der Waals surface area contributed by atoms with E-state index in [9.17, 15) is 8.42 Å². The van der Waals surface area contributed by atoms with Crippen molar-refractivity contribution < 1.29 is 8.42 Å². The van der Waals surface area contributed by atoms with E-state index in [1.807, 2.05) is 11.5 Å². The topological polar surface area (TPSA) is 52.0 Å². The molecular formula is C13H21ClN2O2S. The molecule has 0 aliphatic heterocycles. The van der Waals surface area contributed by atoms with Crippen molar-refractivity contribution in [1.82, 2.24) is 9.55 Å². The summed E-state index contributed by atoms with van der Waals surface area (Å²) in [6.07, 6.45) is 8.22. The van der Waals surface area contributed by atoms with Crippen molar-refractivity contribution in [2.45, 2.75) is 63.4 Å². The number of hydrogen-bond acceptors (Lipinski definition) is 3. The predicted molar refractivity (Wildman–Crippen MR) is 75.9 cm³/mol. The van der Waals surface area contributed by atoms with Gasteiger partial charge in [-0.1, -0.05) is 33.1 Å². The second-order valence-corrected chi connectivity index (χ2v) is 7.80. The molecule has 2 unspecified atom stereocenters. The van der Waals surface area contributed by atoms with Crippen LogP contribution in [-0.4, -0.2) is 18.0 Å².